The molecule has 0 unspecified atom stereocenters. The molecule has 5 rings (SSSR count). The first-order valence-electron chi connectivity index (χ1n) is 14.5. The number of benzene rings is 1. The van der Waals surface area contributed by atoms with Crippen molar-refractivity contribution in [2.24, 2.45) is 5.92 Å². The highest BCUT2D eigenvalue weighted by molar-refractivity contribution is 7.89. The summed E-state index contributed by atoms with van der Waals surface area (Å²) in [4.78, 5) is 17.8. The molecule has 3 saturated heterocycles. The predicted octanol–water partition coefficient (Wildman–Crippen LogP) is 3.96. The van der Waals surface area contributed by atoms with Crippen LogP contribution in [0.1, 0.15) is 61.1 Å². The van der Waals surface area contributed by atoms with Crippen LogP contribution in [0.2, 0.25) is 0 Å². The van der Waals surface area contributed by atoms with Gasteiger partial charge in [-0.15, -0.1) is 0 Å². The lowest BCUT2D eigenvalue weighted by atomic mass is 9.94. The highest BCUT2D eigenvalue weighted by Crippen LogP contribution is 2.30. The zero-order valence-electron chi connectivity index (χ0n) is 23.9. The third-order valence-corrected chi connectivity index (χ3v) is 10.7. The molecule has 218 valence electrons. The first-order valence-corrected chi connectivity index (χ1v) is 16.0. The standard InChI is InChI=1S/C30H42N4O5S/c1-22-6-8-24(9-7-22)10-11-28-29(23(2)31-39-28)40(36,37)34-18-12-25(13-19-34)30(35)33-16-14-26(15-17-33)32(3)21-27-5-4-20-38-27/h6-11,25-27H,4-5,12-21H2,1-3H3/b11-10+/t27-/m0/s1. The van der Waals surface area contributed by atoms with E-state index < -0.39 is 10.0 Å². The molecule has 0 N–H and O–H groups in total. The number of likely N-dealkylation sites (N-methyl/N-ethyl adjacent to an activating group) is 1. The SMILES string of the molecule is Cc1ccc(/C=C/c2onc(C)c2S(=O)(=O)N2CCC(C(=O)N3CCC(N(C)C[C@@H]4CCCO4)CC3)CC2)cc1. The van der Waals surface area contributed by atoms with Crippen LogP contribution in [-0.2, 0) is 19.6 Å². The van der Waals surface area contributed by atoms with Gasteiger partial charge >= 0.3 is 0 Å². The molecule has 1 aromatic carbocycles. The highest BCUT2D eigenvalue weighted by atomic mass is 32.2. The van der Waals surface area contributed by atoms with Gasteiger partial charge in [-0.05, 0) is 71.1 Å². The maximum absolute atomic E-state index is 13.6. The van der Waals surface area contributed by atoms with Gasteiger partial charge in [-0.1, -0.05) is 41.1 Å². The second kappa shape index (κ2) is 12.5. The first-order chi connectivity index (χ1) is 19.2. The molecular formula is C30H42N4O5S. The molecule has 10 heteroatoms. The summed E-state index contributed by atoms with van der Waals surface area (Å²) in [6.07, 6.45) is 9.09. The van der Waals surface area contributed by atoms with Crippen molar-refractivity contribution in [1.82, 2.24) is 19.3 Å². The maximum Gasteiger partial charge on any atom is 0.248 e. The molecule has 1 aromatic heterocycles. The molecule has 0 aliphatic carbocycles. The Morgan fingerprint density at radius 3 is 2.38 bits per heavy atom. The molecule has 3 aliphatic heterocycles. The van der Waals surface area contributed by atoms with Gasteiger partial charge < -0.3 is 19.1 Å². The minimum atomic E-state index is -3.81. The van der Waals surface area contributed by atoms with Gasteiger partial charge in [0.2, 0.25) is 15.9 Å². The second-order valence-electron chi connectivity index (χ2n) is 11.5. The van der Waals surface area contributed by atoms with E-state index in [1.165, 1.54) is 4.31 Å². The van der Waals surface area contributed by atoms with Crippen molar-refractivity contribution in [1.29, 1.82) is 0 Å². The average molecular weight is 571 g/mol. The van der Waals surface area contributed by atoms with E-state index in [0.717, 1.165) is 63.1 Å². The van der Waals surface area contributed by atoms with Gasteiger partial charge in [-0.25, -0.2) is 8.42 Å². The molecule has 40 heavy (non-hydrogen) atoms. The number of nitrogens with zero attached hydrogens (tertiary/aromatic N) is 4. The Morgan fingerprint density at radius 2 is 1.73 bits per heavy atom. The second-order valence-corrected chi connectivity index (χ2v) is 13.4. The first kappa shape index (κ1) is 29.0. The van der Waals surface area contributed by atoms with E-state index in [2.05, 4.69) is 17.1 Å². The summed E-state index contributed by atoms with van der Waals surface area (Å²) in [6, 6.07) is 8.42. The van der Waals surface area contributed by atoms with E-state index in [1.807, 2.05) is 42.2 Å². The van der Waals surface area contributed by atoms with Gasteiger partial charge in [0.1, 0.15) is 5.69 Å². The van der Waals surface area contributed by atoms with Crippen molar-refractivity contribution >= 4 is 28.1 Å². The number of likely N-dealkylation sites (tertiary alicyclic amines) is 1. The van der Waals surface area contributed by atoms with E-state index in [4.69, 9.17) is 9.26 Å². The van der Waals surface area contributed by atoms with Crippen LogP contribution in [-0.4, -0.2) is 92.1 Å². The Morgan fingerprint density at radius 1 is 1.02 bits per heavy atom. The molecule has 1 atom stereocenters. The summed E-state index contributed by atoms with van der Waals surface area (Å²) < 4.78 is 39.9. The fourth-order valence-corrected chi connectivity index (χ4v) is 7.88. The number of aromatic nitrogens is 1. The van der Waals surface area contributed by atoms with E-state index in [0.29, 0.717) is 43.8 Å². The number of amides is 1. The monoisotopic (exact) mass is 570 g/mol. The number of hydrogen-bond donors (Lipinski definition) is 0. The molecule has 4 heterocycles. The quantitative estimate of drug-likeness (QED) is 0.474. The summed E-state index contributed by atoms with van der Waals surface area (Å²) in [6.45, 7) is 7.64. The van der Waals surface area contributed by atoms with Crippen LogP contribution in [0, 0.1) is 19.8 Å². The molecule has 3 aliphatic rings. The number of sulfonamides is 1. The number of carbonyl (C=O) groups is 1. The Bertz CT molecular complexity index is 1280. The molecule has 0 spiro atoms. The summed E-state index contributed by atoms with van der Waals surface area (Å²) in [5.74, 6) is 0.251. The molecular weight excluding hydrogens is 528 g/mol. The van der Waals surface area contributed by atoms with Gasteiger partial charge in [-0.2, -0.15) is 4.31 Å². The van der Waals surface area contributed by atoms with Crippen molar-refractivity contribution in [2.75, 3.05) is 46.4 Å². The molecule has 3 fully saturated rings. The fraction of sp³-hybridized carbons (Fsp3) is 0.600. The van der Waals surface area contributed by atoms with E-state index in [9.17, 15) is 13.2 Å². The minimum Gasteiger partial charge on any atom is -0.377 e. The number of carbonyl (C=O) groups excluding carboxylic acids is 1. The zero-order valence-corrected chi connectivity index (χ0v) is 24.7. The van der Waals surface area contributed by atoms with Crippen LogP contribution in [0.3, 0.4) is 0 Å². The van der Waals surface area contributed by atoms with Crippen LogP contribution < -0.4 is 0 Å². The topological polar surface area (TPSA) is 96.2 Å². The summed E-state index contributed by atoms with van der Waals surface area (Å²) in [5, 5.41) is 3.95. The zero-order chi connectivity index (χ0) is 28.3. The molecule has 0 radical (unpaired) electrons. The summed E-state index contributed by atoms with van der Waals surface area (Å²) in [7, 11) is -1.64. The van der Waals surface area contributed by atoms with Crippen LogP contribution >= 0.6 is 0 Å². The third kappa shape index (κ3) is 6.51. The summed E-state index contributed by atoms with van der Waals surface area (Å²) >= 11 is 0. The van der Waals surface area contributed by atoms with Gasteiger partial charge in [0.05, 0.1) is 6.10 Å². The Labute approximate surface area is 238 Å². The number of piperidine rings is 2. The van der Waals surface area contributed by atoms with Crippen LogP contribution in [0.15, 0.2) is 33.7 Å². The third-order valence-electron chi connectivity index (χ3n) is 8.65. The smallest absolute Gasteiger partial charge is 0.248 e. The lowest BCUT2D eigenvalue weighted by Crippen LogP contribution is -2.50. The Hall–Kier alpha value is -2.53. The molecule has 0 bridgehead atoms. The van der Waals surface area contributed by atoms with Crippen LogP contribution in [0.25, 0.3) is 12.2 Å². The lowest BCUT2D eigenvalue weighted by Gasteiger charge is -2.39. The molecule has 1 amide bonds. The Balaban J connectivity index is 1.15. The fourth-order valence-electron chi connectivity index (χ4n) is 6.16. The number of hydrogen-bond acceptors (Lipinski definition) is 7. The summed E-state index contributed by atoms with van der Waals surface area (Å²) in [5.41, 5.74) is 2.44. The number of aryl methyl sites for hydroxylation is 2. The van der Waals surface area contributed by atoms with Crippen molar-refractivity contribution < 1.29 is 22.5 Å². The molecule has 2 aromatic rings. The van der Waals surface area contributed by atoms with E-state index >= 15 is 0 Å². The van der Waals surface area contributed by atoms with E-state index in [1.54, 1.807) is 13.0 Å². The Kier molecular flexibility index (Phi) is 9.09. The molecule has 0 saturated carbocycles. The van der Waals surface area contributed by atoms with Gasteiger partial charge in [0, 0.05) is 51.3 Å². The normalized spacial score (nSPS) is 22.1. The van der Waals surface area contributed by atoms with Gasteiger partial charge in [-0.3, -0.25) is 4.79 Å². The van der Waals surface area contributed by atoms with Gasteiger partial charge in [0.25, 0.3) is 0 Å². The number of ether oxygens (including phenoxy) is 1. The lowest BCUT2D eigenvalue weighted by molar-refractivity contribution is -0.138. The largest absolute Gasteiger partial charge is 0.377 e. The van der Waals surface area contributed by atoms with Gasteiger partial charge in [0.15, 0.2) is 10.7 Å². The van der Waals surface area contributed by atoms with Crippen LogP contribution in [0.5, 0.6) is 0 Å². The maximum atomic E-state index is 13.6. The van der Waals surface area contributed by atoms with E-state index in [-0.39, 0.29) is 22.5 Å². The molecule has 9 nitrogen and oxygen atoms in total. The highest BCUT2D eigenvalue weighted by Gasteiger charge is 2.38. The number of rotatable bonds is 8. The average Bonchev–Trinajstić information content (AvgIpc) is 3.62. The van der Waals surface area contributed by atoms with Crippen molar-refractivity contribution in [3.05, 3.63) is 46.8 Å². The van der Waals surface area contributed by atoms with Crippen LogP contribution in [0.4, 0.5) is 0 Å². The predicted molar refractivity (Wildman–Crippen MR) is 154 cm³/mol. The minimum absolute atomic E-state index is 0.106. The van der Waals surface area contributed by atoms with Crippen molar-refractivity contribution in [2.45, 2.75) is 69.4 Å². The van der Waals surface area contributed by atoms with Crippen molar-refractivity contribution in [3.63, 3.8) is 0 Å². The van der Waals surface area contributed by atoms with Crippen molar-refractivity contribution in [3.8, 4) is 0 Å².